The molecule has 1 heterocycles. The molecule has 0 atom stereocenters. The number of rotatable bonds is 5. The van der Waals surface area contributed by atoms with E-state index in [1.165, 1.54) is 18.2 Å². The highest BCUT2D eigenvalue weighted by atomic mass is 32.2. The van der Waals surface area contributed by atoms with Crippen LogP contribution in [0.4, 0.5) is 13.2 Å². The van der Waals surface area contributed by atoms with Crippen molar-refractivity contribution in [2.45, 2.75) is 18.3 Å². The Morgan fingerprint density at radius 3 is 2.59 bits per heavy atom. The molecule has 0 saturated heterocycles. The fourth-order valence-corrected chi connectivity index (χ4v) is 3.38. The molecule has 0 aromatic heterocycles. The minimum atomic E-state index is -4.57. The predicted molar refractivity (Wildman–Crippen MR) is 77.6 cm³/mol. The summed E-state index contributed by atoms with van der Waals surface area (Å²) in [5.74, 6) is -0.686. The van der Waals surface area contributed by atoms with E-state index in [1.54, 1.807) is 0 Å². The van der Waals surface area contributed by atoms with Gasteiger partial charge in [0.2, 0.25) is 10.0 Å². The van der Waals surface area contributed by atoms with E-state index in [-0.39, 0.29) is 12.1 Å². The molecule has 1 aromatic carbocycles. The van der Waals surface area contributed by atoms with Gasteiger partial charge in [-0.3, -0.25) is 0 Å². The van der Waals surface area contributed by atoms with E-state index >= 15 is 0 Å². The average Bonchev–Trinajstić information content (AvgIpc) is 2.45. The van der Waals surface area contributed by atoms with E-state index in [1.807, 2.05) is 6.08 Å². The third-order valence-electron chi connectivity index (χ3n) is 3.35. The number of sulfonamides is 1. The first-order valence-electron chi connectivity index (χ1n) is 6.79. The monoisotopic (exact) mass is 334 g/mol. The first-order chi connectivity index (χ1) is 10.3. The van der Waals surface area contributed by atoms with Gasteiger partial charge in [-0.1, -0.05) is 29.8 Å². The number of alkyl halides is 3. The molecule has 0 bridgehead atoms. The normalized spacial score (nSPS) is 16.4. The molecule has 4 nitrogen and oxygen atoms in total. The van der Waals surface area contributed by atoms with Crippen LogP contribution in [0.15, 0.2) is 35.9 Å². The van der Waals surface area contributed by atoms with Crippen LogP contribution >= 0.6 is 0 Å². The molecule has 0 aliphatic carbocycles. The molecule has 0 spiro atoms. The maximum absolute atomic E-state index is 12.9. The zero-order valence-electron chi connectivity index (χ0n) is 11.8. The predicted octanol–water partition coefficient (Wildman–Crippen LogP) is 2.04. The summed E-state index contributed by atoms with van der Waals surface area (Å²) >= 11 is 0. The van der Waals surface area contributed by atoms with Crippen LogP contribution in [-0.2, 0) is 22.0 Å². The van der Waals surface area contributed by atoms with Crippen molar-refractivity contribution >= 4 is 10.0 Å². The maximum atomic E-state index is 12.9. The van der Waals surface area contributed by atoms with Gasteiger partial charge in [-0.25, -0.2) is 13.1 Å². The molecule has 1 aliphatic heterocycles. The Hall–Kier alpha value is -1.38. The van der Waals surface area contributed by atoms with Gasteiger partial charge in [0.25, 0.3) is 0 Å². The molecular weight excluding hydrogens is 317 g/mol. The summed E-state index contributed by atoms with van der Waals surface area (Å²) in [6.07, 6.45) is -1.96. The molecule has 8 heteroatoms. The summed E-state index contributed by atoms with van der Waals surface area (Å²) in [4.78, 5) is 0. The fraction of sp³-hybridized carbons (Fsp3) is 0.429. The number of halogens is 3. The van der Waals surface area contributed by atoms with Gasteiger partial charge in [0, 0.05) is 13.1 Å². The molecule has 22 heavy (non-hydrogen) atoms. The lowest BCUT2D eigenvalue weighted by Crippen LogP contribution is -2.31. The lowest BCUT2D eigenvalue weighted by molar-refractivity contribution is -0.138. The van der Waals surface area contributed by atoms with Crippen LogP contribution < -0.4 is 10.0 Å². The molecule has 0 radical (unpaired) electrons. The van der Waals surface area contributed by atoms with Crippen LogP contribution in [0.2, 0.25) is 0 Å². The number of nitrogens with one attached hydrogen (secondary N) is 2. The Labute approximate surface area is 127 Å². The van der Waals surface area contributed by atoms with Gasteiger partial charge in [0.15, 0.2) is 0 Å². The van der Waals surface area contributed by atoms with Crippen molar-refractivity contribution in [3.63, 3.8) is 0 Å². The van der Waals surface area contributed by atoms with Crippen LogP contribution in [-0.4, -0.2) is 28.1 Å². The highest BCUT2D eigenvalue weighted by molar-refractivity contribution is 7.88. The Kier molecular flexibility index (Phi) is 5.25. The lowest BCUT2D eigenvalue weighted by Gasteiger charge is -2.16. The van der Waals surface area contributed by atoms with Crippen molar-refractivity contribution < 1.29 is 21.6 Å². The number of hydrogen-bond donors (Lipinski definition) is 2. The second-order valence-corrected chi connectivity index (χ2v) is 6.86. The number of hydrogen-bond acceptors (Lipinski definition) is 3. The fourth-order valence-electron chi connectivity index (χ4n) is 2.21. The highest BCUT2D eigenvalue weighted by Crippen LogP contribution is 2.32. The number of benzene rings is 1. The molecule has 1 aromatic rings. The summed E-state index contributed by atoms with van der Waals surface area (Å²) in [6.45, 7) is 1.58. The quantitative estimate of drug-likeness (QED) is 0.810. The largest absolute Gasteiger partial charge is 0.416 e. The molecule has 2 rings (SSSR count). The zero-order chi connectivity index (χ0) is 16.2. The first kappa shape index (κ1) is 17.0. The SMILES string of the molecule is O=S(=O)(Cc1ccccc1C(F)(F)F)NCC1=CCNCC1. The van der Waals surface area contributed by atoms with E-state index in [4.69, 9.17) is 0 Å². The van der Waals surface area contributed by atoms with Crippen molar-refractivity contribution in [3.05, 3.63) is 47.0 Å². The Balaban J connectivity index is 2.07. The maximum Gasteiger partial charge on any atom is 0.416 e. The molecule has 0 unspecified atom stereocenters. The first-order valence-corrected chi connectivity index (χ1v) is 8.44. The molecule has 1 aliphatic rings. The highest BCUT2D eigenvalue weighted by Gasteiger charge is 2.33. The van der Waals surface area contributed by atoms with Gasteiger partial charge in [-0.15, -0.1) is 0 Å². The topological polar surface area (TPSA) is 58.2 Å². The minimum Gasteiger partial charge on any atom is -0.313 e. The molecule has 0 amide bonds. The average molecular weight is 334 g/mol. The molecule has 0 fully saturated rings. The lowest BCUT2D eigenvalue weighted by atomic mass is 10.1. The van der Waals surface area contributed by atoms with Crippen LogP contribution in [0, 0.1) is 0 Å². The smallest absolute Gasteiger partial charge is 0.313 e. The standard InChI is InChI=1S/C14H17F3N2O2S/c15-14(16,17)13-4-2-1-3-12(13)10-22(20,21)19-9-11-5-7-18-8-6-11/h1-5,18-19H,6-10H2. The van der Waals surface area contributed by atoms with Crippen molar-refractivity contribution in [1.82, 2.24) is 10.0 Å². The van der Waals surface area contributed by atoms with Gasteiger partial charge >= 0.3 is 6.18 Å². The van der Waals surface area contributed by atoms with Crippen molar-refractivity contribution in [3.8, 4) is 0 Å². The third-order valence-corrected chi connectivity index (χ3v) is 4.62. The Morgan fingerprint density at radius 1 is 1.23 bits per heavy atom. The summed E-state index contributed by atoms with van der Waals surface area (Å²) in [5.41, 5.74) is -0.227. The van der Waals surface area contributed by atoms with E-state index < -0.39 is 27.5 Å². The van der Waals surface area contributed by atoms with E-state index in [0.717, 1.165) is 24.6 Å². The summed E-state index contributed by atoms with van der Waals surface area (Å²) < 4.78 is 65.0. The molecular formula is C14H17F3N2O2S. The summed E-state index contributed by atoms with van der Waals surface area (Å²) in [5, 5.41) is 3.10. The van der Waals surface area contributed by atoms with Crippen LogP contribution in [0.1, 0.15) is 17.5 Å². The van der Waals surface area contributed by atoms with Crippen molar-refractivity contribution in [1.29, 1.82) is 0 Å². The van der Waals surface area contributed by atoms with Crippen LogP contribution in [0.5, 0.6) is 0 Å². The molecule has 2 N–H and O–H groups in total. The van der Waals surface area contributed by atoms with E-state index in [9.17, 15) is 21.6 Å². The van der Waals surface area contributed by atoms with Crippen LogP contribution in [0.3, 0.4) is 0 Å². The van der Waals surface area contributed by atoms with Gasteiger partial charge in [-0.05, 0) is 24.6 Å². The summed E-state index contributed by atoms with van der Waals surface area (Å²) in [7, 11) is -3.83. The Morgan fingerprint density at radius 2 is 1.95 bits per heavy atom. The second kappa shape index (κ2) is 6.80. The molecule has 0 saturated carbocycles. The van der Waals surface area contributed by atoms with E-state index in [0.29, 0.717) is 6.54 Å². The van der Waals surface area contributed by atoms with E-state index in [2.05, 4.69) is 10.0 Å². The van der Waals surface area contributed by atoms with Gasteiger partial charge in [0.1, 0.15) is 0 Å². The Bertz CT molecular complexity index is 654. The minimum absolute atomic E-state index is 0.137. The van der Waals surface area contributed by atoms with Gasteiger partial charge < -0.3 is 5.32 Å². The second-order valence-electron chi connectivity index (χ2n) is 5.05. The van der Waals surface area contributed by atoms with Crippen molar-refractivity contribution in [2.75, 3.05) is 19.6 Å². The van der Waals surface area contributed by atoms with Gasteiger partial charge in [0.05, 0.1) is 11.3 Å². The summed E-state index contributed by atoms with van der Waals surface area (Å²) in [6, 6.07) is 4.72. The van der Waals surface area contributed by atoms with Crippen molar-refractivity contribution in [2.24, 2.45) is 0 Å². The zero-order valence-corrected chi connectivity index (χ0v) is 12.6. The van der Waals surface area contributed by atoms with Gasteiger partial charge in [-0.2, -0.15) is 13.2 Å². The third kappa shape index (κ3) is 4.82. The van der Waals surface area contributed by atoms with Crippen LogP contribution in [0.25, 0.3) is 0 Å². The molecule has 122 valence electrons.